The zero-order chi connectivity index (χ0) is 17.5. The molecule has 2 amide bonds. The molecule has 1 fully saturated rings. The van der Waals surface area contributed by atoms with Gasteiger partial charge in [0, 0.05) is 31.2 Å². The Balaban J connectivity index is 1.81. The quantitative estimate of drug-likeness (QED) is 0.743. The maximum atomic E-state index is 12.4. The molecule has 1 aliphatic heterocycles. The molecule has 0 bridgehead atoms. The largest absolute Gasteiger partial charge is 0.481 e. The van der Waals surface area contributed by atoms with Crippen molar-refractivity contribution in [3.05, 3.63) is 29.3 Å². The van der Waals surface area contributed by atoms with Crippen molar-refractivity contribution in [1.82, 2.24) is 9.80 Å². The van der Waals surface area contributed by atoms with Gasteiger partial charge >= 0.3 is 6.09 Å². The first-order valence-electron chi connectivity index (χ1n) is 7.70. The Morgan fingerprint density at radius 3 is 2.29 bits per heavy atom. The van der Waals surface area contributed by atoms with Crippen LogP contribution in [0.2, 0.25) is 5.02 Å². The van der Waals surface area contributed by atoms with Gasteiger partial charge in [-0.05, 0) is 31.2 Å². The van der Waals surface area contributed by atoms with Crippen molar-refractivity contribution in [2.75, 3.05) is 38.7 Å². The molecule has 0 saturated carbocycles. The van der Waals surface area contributed by atoms with E-state index in [1.807, 2.05) is 0 Å². The zero-order valence-electron chi connectivity index (χ0n) is 13.4. The van der Waals surface area contributed by atoms with E-state index in [0.29, 0.717) is 37.0 Å². The fraction of sp³-hybridized carbons (Fsp3) is 0.500. The highest BCUT2D eigenvalue weighted by Gasteiger charge is 2.28. The molecule has 0 spiro atoms. The van der Waals surface area contributed by atoms with Crippen LogP contribution in [-0.2, 0) is 9.53 Å². The van der Waals surface area contributed by atoms with E-state index in [1.54, 1.807) is 41.0 Å². The minimum absolute atomic E-state index is 0.112. The predicted octanol–water partition coefficient (Wildman–Crippen LogP) is 2.63. The van der Waals surface area contributed by atoms with Crippen LogP contribution in [0.25, 0.3) is 0 Å². The number of hydrogen-bond acceptors (Lipinski definition) is 4. The number of benzene rings is 1. The number of alkyl halides is 1. The van der Waals surface area contributed by atoms with Crippen LogP contribution in [0.5, 0.6) is 5.75 Å². The average molecular weight is 375 g/mol. The van der Waals surface area contributed by atoms with E-state index in [-0.39, 0.29) is 18.4 Å². The fourth-order valence-electron chi connectivity index (χ4n) is 2.35. The van der Waals surface area contributed by atoms with Gasteiger partial charge in [0.15, 0.2) is 6.10 Å². The van der Waals surface area contributed by atoms with Crippen molar-refractivity contribution < 1.29 is 19.1 Å². The number of carbonyl (C=O) groups excluding carboxylic acids is 2. The number of ether oxygens (including phenoxy) is 2. The van der Waals surface area contributed by atoms with Crippen LogP contribution in [-0.4, -0.2) is 66.6 Å². The van der Waals surface area contributed by atoms with Gasteiger partial charge in [0.2, 0.25) is 0 Å². The number of carbonyl (C=O) groups is 2. The molecular formula is C16H20Cl2N2O4. The highest BCUT2D eigenvalue weighted by molar-refractivity contribution is 6.30. The summed E-state index contributed by atoms with van der Waals surface area (Å²) in [5.41, 5.74) is 0. The number of amides is 2. The molecule has 6 nitrogen and oxygen atoms in total. The third kappa shape index (κ3) is 5.18. The summed E-state index contributed by atoms with van der Waals surface area (Å²) >= 11 is 11.3. The van der Waals surface area contributed by atoms with Gasteiger partial charge in [0.25, 0.3) is 5.91 Å². The highest BCUT2D eigenvalue weighted by Crippen LogP contribution is 2.17. The second-order valence-electron chi connectivity index (χ2n) is 5.33. The summed E-state index contributed by atoms with van der Waals surface area (Å²) in [5.74, 6) is 0.742. The average Bonchev–Trinajstić information content (AvgIpc) is 2.61. The number of rotatable bonds is 5. The van der Waals surface area contributed by atoms with Crippen molar-refractivity contribution in [2.45, 2.75) is 13.0 Å². The lowest BCUT2D eigenvalue weighted by Gasteiger charge is -2.35. The Morgan fingerprint density at radius 2 is 1.71 bits per heavy atom. The third-order valence-electron chi connectivity index (χ3n) is 3.63. The van der Waals surface area contributed by atoms with Gasteiger partial charge in [-0.15, -0.1) is 11.6 Å². The third-order valence-corrected chi connectivity index (χ3v) is 4.03. The molecule has 1 aromatic rings. The SMILES string of the molecule is CC(Oc1ccc(Cl)cc1)C(=O)N1CCN(C(=O)OCCCl)CC1. The van der Waals surface area contributed by atoms with Crippen LogP contribution in [0.1, 0.15) is 6.92 Å². The van der Waals surface area contributed by atoms with E-state index in [9.17, 15) is 9.59 Å². The number of piperazine rings is 1. The molecule has 1 unspecified atom stereocenters. The molecule has 0 aliphatic carbocycles. The Kier molecular flexibility index (Phi) is 6.99. The molecule has 0 radical (unpaired) electrons. The maximum absolute atomic E-state index is 12.4. The summed E-state index contributed by atoms with van der Waals surface area (Å²) < 4.78 is 10.6. The van der Waals surface area contributed by atoms with E-state index in [0.717, 1.165) is 0 Å². The van der Waals surface area contributed by atoms with Gasteiger partial charge in [-0.2, -0.15) is 0 Å². The molecule has 2 rings (SSSR count). The molecule has 1 aromatic carbocycles. The number of halogens is 2. The van der Waals surface area contributed by atoms with Gasteiger partial charge in [0.1, 0.15) is 12.4 Å². The Morgan fingerprint density at radius 1 is 1.12 bits per heavy atom. The Hall–Kier alpha value is -1.66. The van der Waals surface area contributed by atoms with Gasteiger partial charge in [-0.1, -0.05) is 11.6 Å². The summed E-state index contributed by atoms with van der Waals surface area (Å²) in [6.45, 7) is 3.65. The van der Waals surface area contributed by atoms with E-state index in [2.05, 4.69) is 0 Å². The van der Waals surface area contributed by atoms with E-state index in [1.165, 1.54) is 0 Å². The normalized spacial score (nSPS) is 15.8. The summed E-state index contributed by atoms with van der Waals surface area (Å²) in [6, 6.07) is 6.85. The number of nitrogens with zero attached hydrogens (tertiary/aromatic N) is 2. The van der Waals surface area contributed by atoms with Gasteiger partial charge < -0.3 is 19.3 Å². The van der Waals surface area contributed by atoms with Crippen molar-refractivity contribution in [3.63, 3.8) is 0 Å². The van der Waals surface area contributed by atoms with E-state index < -0.39 is 12.2 Å². The Labute approximate surface area is 151 Å². The second kappa shape index (κ2) is 8.99. The van der Waals surface area contributed by atoms with Crippen molar-refractivity contribution in [2.24, 2.45) is 0 Å². The standard InChI is InChI=1S/C16H20Cl2N2O4/c1-12(24-14-4-2-13(18)3-5-14)15(21)19-7-9-20(10-8-19)16(22)23-11-6-17/h2-5,12H,6-11H2,1H3. The monoisotopic (exact) mass is 374 g/mol. The maximum Gasteiger partial charge on any atom is 0.409 e. The predicted molar refractivity (Wildman–Crippen MR) is 91.8 cm³/mol. The van der Waals surface area contributed by atoms with Crippen LogP contribution in [0.15, 0.2) is 24.3 Å². The van der Waals surface area contributed by atoms with Gasteiger partial charge in [0.05, 0.1) is 5.88 Å². The first kappa shape index (κ1) is 18.7. The summed E-state index contributed by atoms with van der Waals surface area (Å²) in [4.78, 5) is 27.4. The number of hydrogen-bond donors (Lipinski definition) is 0. The Bertz CT molecular complexity index is 560. The molecule has 1 saturated heterocycles. The molecule has 132 valence electrons. The van der Waals surface area contributed by atoms with Crippen LogP contribution in [0, 0.1) is 0 Å². The van der Waals surface area contributed by atoms with Crippen LogP contribution >= 0.6 is 23.2 Å². The molecule has 0 N–H and O–H groups in total. The summed E-state index contributed by atoms with van der Waals surface area (Å²) in [5, 5.41) is 0.610. The van der Waals surface area contributed by atoms with Crippen molar-refractivity contribution >= 4 is 35.2 Å². The lowest BCUT2D eigenvalue weighted by molar-refractivity contribution is -0.139. The summed E-state index contributed by atoms with van der Waals surface area (Å²) in [7, 11) is 0. The van der Waals surface area contributed by atoms with Crippen LogP contribution in [0.3, 0.4) is 0 Å². The van der Waals surface area contributed by atoms with Crippen molar-refractivity contribution in [1.29, 1.82) is 0 Å². The zero-order valence-corrected chi connectivity index (χ0v) is 14.9. The molecule has 0 aromatic heterocycles. The lowest BCUT2D eigenvalue weighted by Crippen LogP contribution is -2.53. The highest BCUT2D eigenvalue weighted by atomic mass is 35.5. The molecule has 8 heteroatoms. The molecule has 1 aliphatic rings. The topological polar surface area (TPSA) is 59.1 Å². The van der Waals surface area contributed by atoms with Crippen LogP contribution < -0.4 is 4.74 Å². The lowest BCUT2D eigenvalue weighted by atomic mass is 10.2. The molecule has 1 atom stereocenters. The van der Waals surface area contributed by atoms with Gasteiger partial charge in [-0.25, -0.2) is 4.79 Å². The van der Waals surface area contributed by atoms with Crippen LogP contribution in [0.4, 0.5) is 4.79 Å². The van der Waals surface area contributed by atoms with Gasteiger partial charge in [-0.3, -0.25) is 4.79 Å². The molecule has 24 heavy (non-hydrogen) atoms. The summed E-state index contributed by atoms with van der Waals surface area (Å²) in [6.07, 6.45) is -1.01. The second-order valence-corrected chi connectivity index (χ2v) is 6.14. The van der Waals surface area contributed by atoms with Crippen molar-refractivity contribution in [3.8, 4) is 5.75 Å². The molecule has 1 heterocycles. The fourth-order valence-corrected chi connectivity index (χ4v) is 2.55. The van der Waals surface area contributed by atoms with E-state index in [4.69, 9.17) is 32.7 Å². The smallest absolute Gasteiger partial charge is 0.409 e. The van der Waals surface area contributed by atoms with E-state index >= 15 is 0 Å². The minimum Gasteiger partial charge on any atom is -0.481 e. The first-order chi connectivity index (χ1) is 11.5. The first-order valence-corrected chi connectivity index (χ1v) is 8.61. The molecular weight excluding hydrogens is 355 g/mol. The minimum atomic E-state index is -0.610.